The van der Waals surface area contributed by atoms with Gasteiger partial charge in [0.05, 0.1) is 11.3 Å². The second-order valence-electron chi connectivity index (χ2n) is 4.72. The number of allylic oxidation sites excluding steroid dienone is 1. The molecule has 1 aromatic carbocycles. The van der Waals surface area contributed by atoms with E-state index in [0.717, 1.165) is 22.4 Å². The summed E-state index contributed by atoms with van der Waals surface area (Å²) in [5, 5.41) is 11.9. The molecule has 0 saturated heterocycles. The van der Waals surface area contributed by atoms with E-state index in [2.05, 4.69) is 20.8 Å². The maximum Gasteiger partial charge on any atom is 0.171 e. The first kappa shape index (κ1) is 11.8. The number of hydrogen-bond acceptors (Lipinski definition) is 3. The number of aliphatic hydroxyl groups is 1. The van der Waals surface area contributed by atoms with Gasteiger partial charge in [0.15, 0.2) is 11.5 Å². The molecule has 0 spiro atoms. The SMILES string of the molecule is CC1=C(O)c2c(C)c(C)c(C)c(C)c2N(C)O1. The van der Waals surface area contributed by atoms with E-state index in [1.54, 1.807) is 12.0 Å². The number of hydroxylamine groups is 1. The smallest absolute Gasteiger partial charge is 0.171 e. The molecule has 1 aliphatic rings. The van der Waals surface area contributed by atoms with Crippen molar-refractivity contribution in [1.29, 1.82) is 0 Å². The van der Waals surface area contributed by atoms with Crippen molar-refractivity contribution >= 4 is 11.4 Å². The minimum Gasteiger partial charge on any atom is -0.504 e. The van der Waals surface area contributed by atoms with Crippen LogP contribution < -0.4 is 5.06 Å². The fraction of sp³-hybridized carbons (Fsp3) is 0.429. The number of nitrogens with zero attached hydrogens (tertiary/aromatic N) is 1. The summed E-state index contributed by atoms with van der Waals surface area (Å²) < 4.78 is 0. The van der Waals surface area contributed by atoms with Gasteiger partial charge in [0.25, 0.3) is 0 Å². The van der Waals surface area contributed by atoms with Crippen LogP contribution in [0.4, 0.5) is 5.69 Å². The molecule has 92 valence electrons. The van der Waals surface area contributed by atoms with Gasteiger partial charge in [-0.1, -0.05) is 0 Å². The van der Waals surface area contributed by atoms with Crippen LogP contribution in [0.2, 0.25) is 0 Å². The Bertz CT molecular complexity index is 530. The molecule has 0 atom stereocenters. The van der Waals surface area contributed by atoms with Crippen molar-refractivity contribution in [3.05, 3.63) is 33.6 Å². The van der Waals surface area contributed by atoms with Gasteiger partial charge in [-0.05, 0) is 49.9 Å². The molecule has 0 aliphatic carbocycles. The Labute approximate surface area is 102 Å². The molecule has 17 heavy (non-hydrogen) atoms. The lowest BCUT2D eigenvalue weighted by Crippen LogP contribution is -2.25. The Morgan fingerprint density at radius 2 is 1.41 bits per heavy atom. The van der Waals surface area contributed by atoms with Crippen molar-refractivity contribution in [3.63, 3.8) is 0 Å². The summed E-state index contributed by atoms with van der Waals surface area (Å²) in [7, 11) is 1.87. The molecule has 0 unspecified atom stereocenters. The van der Waals surface area contributed by atoms with E-state index in [-0.39, 0.29) is 5.76 Å². The van der Waals surface area contributed by atoms with Gasteiger partial charge in [-0.25, -0.2) is 5.06 Å². The molecule has 0 amide bonds. The number of aliphatic hydroxyl groups excluding tert-OH is 1. The minimum atomic E-state index is 0.252. The van der Waals surface area contributed by atoms with Crippen LogP contribution in [0.3, 0.4) is 0 Å². The molecule has 0 aromatic heterocycles. The summed E-state index contributed by atoms with van der Waals surface area (Å²) in [5.41, 5.74) is 6.63. The molecule has 0 fully saturated rings. The summed E-state index contributed by atoms with van der Waals surface area (Å²) in [6, 6.07) is 0. The largest absolute Gasteiger partial charge is 0.504 e. The zero-order chi connectivity index (χ0) is 12.9. The highest BCUT2D eigenvalue weighted by Crippen LogP contribution is 2.40. The monoisotopic (exact) mass is 233 g/mol. The first-order valence-corrected chi connectivity index (χ1v) is 5.78. The Morgan fingerprint density at radius 1 is 0.882 bits per heavy atom. The third kappa shape index (κ3) is 1.49. The predicted molar refractivity (Wildman–Crippen MR) is 70.1 cm³/mol. The van der Waals surface area contributed by atoms with E-state index >= 15 is 0 Å². The van der Waals surface area contributed by atoms with Crippen molar-refractivity contribution in [2.24, 2.45) is 0 Å². The maximum absolute atomic E-state index is 10.2. The highest BCUT2D eigenvalue weighted by molar-refractivity contribution is 5.81. The van der Waals surface area contributed by atoms with E-state index in [1.807, 2.05) is 14.0 Å². The van der Waals surface area contributed by atoms with Crippen LogP contribution in [0, 0.1) is 27.7 Å². The molecule has 3 heteroatoms. The molecule has 1 aromatic rings. The fourth-order valence-corrected chi connectivity index (χ4v) is 2.45. The quantitative estimate of drug-likeness (QED) is 0.743. The van der Waals surface area contributed by atoms with Gasteiger partial charge >= 0.3 is 0 Å². The first-order chi connectivity index (χ1) is 7.86. The van der Waals surface area contributed by atoms with Crippen LogP contribution in [0.1, 0.15) is 34.7 Å². The molecule has 0 saturated carbocycles. The Kier molecular flexibility index (Phi) is 2.57. The highest BCUT2D eigenvalue weighted by Gasteiger charge is 2.27. The van der Waals surface area contributed by atoms with E-state index in [1.165, 1.54) is 11.1 Å². The van der Waals surface area contributed by atoms with Crippen molar-refractivity contribution in [3.8, 4) is 0 Å². The molecule has 1 N–H and O–H groups in total. The number of rotatable bonds is 0. The number of anilines is 1. The molecule has 1 aliphatic heterocycles. The zero-order valence-electron chi connectivity index (χ0n) is 11.3. The maximum atomic E-state index is 10.2. The van der Waals surface area contributed by atoms with Crippen molar-refractivity contribution < 1.29 is 9.94 Å². The summed E-state index contributed by atoms with van der Waals surface area (Å²) in [4.78, 5) is 5.52. The third-order valence-electron chi connectivity index (χ3n) is 3.81. The van der Waals surface area contributed by atoms with Crippen LogP contribution in [-0.4, -0.2) is 12.2 Å². The molecule has 3 nitrogen and oxygen atoms in total. The lowest BCUT2D eigenvalue weighted by Gasteiger charge is -2.32. The summed E-state index contributed by atoms with van der Waals surface area (Å²) in [5.74, 6) is 0.799. The van der Waals surface area contributed by atoms with E-state index in [4.69, 9.17) is 4.84 Å². The molecule has 0 bridgehead atoms. The number of hydrogen-bond donors (Lipinski definition) is 1. The number of fused-ring (bicyclic) bond motifs is 1. The van der Waals surface area contributed by atoms with Gasteiger partial charge in [0, 0.05) is 14.0 Å². The Balaban J connectivity index is 2.90. The molecule has 1 heterocycles. The molecular weight excluding hydrogens is 214 g/mol. The second kappa shape index (κ2) is 3.69. The molecular formula is C14H19NO2. The van der Waals surface area contributed by atoms with Gasteiger partial charge in [-0.2, -0.15) is 0 Å². The minimum absolute atomic E-state index is 0.252. The average molecular weight is 233 g/mol. The van der Waals surface area contributed by atoms with Crippen LogP contribution in [-0.2, 0) is 4.84 Å². The lowest BCUT2D eigenvalue weighted by atomic mass is 9.90. The summed E-state index contributed by atoms with van der Waals surface area (Å²) in [6.07, 6.45) is 0. The highest BCUT2D eigenvalue weighted by atomic mass is 16.7. The van der Waals surface area contributed by atoms with E-state index < -0.39 is 0 Å². The van der Waals surface area contributed by atoms with E-state index in [0.29, 0.717) is 5.76 Å². The second-order valence-corrected chi connectivity index (χ2v) is 4.72. The summed E-state index contributed by atoms with van der Waals surface area (Å²) >= 11 is 0. The van der Waals surface area contributed by atoms with E-state index in [9.17, 15) is 5.11 Å². The first-order valence-electron chi connectivity index (χ1n) is 5.78. The van der Waals surface area contributed by atoms with Crippen molar-refractivity contribution in [1.82, 2.24) is 0 Å². The molecule has 0 radical (unpaired) electrons. The van der Waals surface area contributed by atoms with Crippen molar-refractivity contribution in [2.75, 3.05) is 12.1 Å². The Hall–Kier alpha value is -1.64. The topological polar surface area (TPSA) is 32.7 Å². The van der Waals surface area contributed by atoms with Gasteiger partial charge in [0.2, 0.25) is 0 Å². The fourth-order valence-electron chi connectivity index (χ4n) is 2.45. The standard InChI is InChI=1S/C14H19NO2/c1-7-8(2)10(4)13-12(9(7)3)14(16)11(5)17-15(13)6/h16H,1-6H3. The van der Waals surface area contributed by atoms with Crippen LogP contribution in [0.25, 0.3) is 5.76 Å². The van der Waals surface area contributed by atoms with Crippen LogP contribution in [0.15, 0.2) is 5.76 Å². The average Bonchev–Trinajstić information content (AvgIpc) is 2.28. The lowest BCUT2D eigenvalue weighted by molar-refractivity contribution is 0.187. The zero-order valence-corrected chi connectivity index (χ0v) is 11.3. The summed E-state index contributed by atoms with van der Waals surface area (Å²) in [6.45, 7) is 10.1. The van der Waals surface area contributed by atoms with Crippen LogP contribution >= 0.6 is 0 Å². The predicted octanol–water partition coefficient (Wildman–Crippen LogP) is 3.55. The van der Waals surface area contributed by atoms with Crippen molar-refractivity contribution in [2.45, 2.75) is 34.6 Å². The normalized spacial score (nSPS) is 14.8. The molecule has 2 rings (SSSR count). The van der Waals surface area contributed by atoms with Crippen LogP contribution in [0.5, 0.6) is 0 Å². The van der Waals surface area contributed by atoms with Gasteiger partial charge in [0.1, 0.15) is 0 Å². The van der Waals surface area contributed by atoms with Gasteiger partial charge in [-0.3, -0.25) is 0 Å². The van der Waals surface area contributed by atoms with Gasteiger partial charge < -0.3 is 9.94 Å². The number of benzene rings is 1. The van der Waals surface area contributed by atoms with Gasteiger partial charge in [-0.15, -0.1) is 0 Å². The Morgan fingerprint density at radius 3 is 2.00 bits per heavy atom. The third-order valence-corrected chi connectivity index (χ3v) is 3.81.